The minimum absolute atomic E-state index is 0.289. The molecular weight excluding hydrogens is 403 g/mol. The maximum Gasteiger partial charge on any atom is 0.274 e. The van der Waals surface area contributed by atoms with Crippen LogP contribution in [0, 0.1) is 0 Å². The van der Waals surface area contributed by atoms with Gasteiger partial charge in [0.05, 0.1) is 5.02 Å². The molecule has 1 aromatic carbocycles. The van der Waals surface area contributed by atoms with Crippen molar-refractivity contribution < 1.29 is 4.79 Å². The number of aromatic nitrogens is 3. The normalized spacial score (nSPS) is 10.6. The Hall–Kier alpha value is -1.89. The number of carbonyl (C=O) groups is 1. The van der Waals surface area contributed by atoms with Gasteiger partial charge in [-0.05, 0) is 46.3 Å². The monoisotopic (exact) mass is 410 g/mol. The lowest BCUT2D eigenvalue weighted by Gasteiger charge is -2.09. The summed E-state index contributed by atoms with van der Waals surface area (Å²) in [6.45, 7) is 0. The maximum atomic E-state index is 12.5. The molecule has 0 atom stereocenters. The molecule has 2 heterocycles. The molecule has 0 aliphatic heterocycles. The molecule has 116 valence electrons. The van der Waals surface area contributed by atoms with Crippen molar-refractivity contribution in [2.75, 3.05) is 5.32 Å². The first-order valence-electron chi connectivity index (χ1n) is 6.48. The highest BCUT2D eigenvalue weighted by Crippen LogP contribution is 2.22. The van der Waals surface area contributed by atoms with Crippen LogP contribution in [0.4, 0.5) is 5.69 Å². The Kier molecular flexibility index (Phi) is 4.66. The third-order valence-electron chi connectivity index (χ3n) is 2.93. The second-order valence-electron chi connectivity index (χ2n) is 4.54. The number of amides is 1. The highest BCUT2D eigenvalue weighted by atomic mass is 79.9. The lowest BCUT2D eigenvalue weighted by atomic mass is 10.3. The van der Waals surface area contributed by atoms with Gasteiger partial charge in [-0.1, -0.05) is 29.3 Å². The maximum absolute atomic E-state index is 12.5. The number of hydrogen-bond acceptors (Lipinski definition) is 3. The van der Waals surface area contributed by atoms with Crippen molar-refractivity contribution in [3.63, 3.8) is 0 Å². The van der Waals surface area contributed by atoms with Crippen LogP contribution in [0.3, 0.4) is 0 Å². The second kappa shape index (κ2) is 6.70. The van der Waals surface area contributed by atoms with Gasteiger partial charge in [-0.2, -0.15) is 5.10 Å². The van der Waals surface area contributed by atoms with Crippen LogP contribution in [0.25, 0.3) is 5.82 Å². The molecule has 0 aliphatic rings. The van der Waals surface area contributed by atoms with E-state index in [9.17, 15) is 4.79 Å². The zero-order valence-corrected chi connectivity index (χ0v) is 14.6. The summed E-state index contributed by atoms with van der Waals surface area (Å²) in [5.74, 6) is 0.0169. The fraction of sp³-hybridized carbons (Fsp3) is 0. The predicted molar refractivity (Wildman–Crippen MR) is 93.5 cm³/mol. The third kappa shape index (κ3) is 3.55. The molecule has 5 nitrogen and oxygen atoms in total. The van der Waals surface area contributed by atoms with Crippen LogP contribution in [-0.4, -0.2) is 20.7 Å². The number of anilines is 1. The van der Waals surface area contributed by atoms with Crippen LogP contribution >= 0.6 is 39.1 Å². The summed E-state index contributed by atoms with van der Waals surface area (Å²) in [4.78, 5) is 16.7. The van der Waals surface area contributed by atoms with Gasteiger partial charge in [0.25, 0.3) is 5.91 Å². The summed E-state index contributed by atoms with van der Waals surface area (Å²) in [7, 11) is 0. The Bertz CT molecular complexity index is 881. The van der Waals surface area contributed by atoms with E-state index in [2.05, 4.69) is 31.3 Å². The first-order chi connectivity index (χ1) is 11.0. The van der Waals surface area contributed by atoms with Gasteiger partial charge in [-0.15, -0.1) is 0 Å². The van der Waals surface area contributed by atoms with Crippen molar-refractivity contribution in [3.8, 4) is 5.82 Å². The molecule has 0 aliphatic carbocycles. The summed E-state index contributed by atoms with van der Waals surface area (Å²) < 4.78 is 1.88. The van der Waals surface area contributed by atoms with Crippen LogP contribution in [0.5, 0.6) is 0 Å². The fourth-order valence-electron chi connectivity index (χ4n) is 1.97. The highest BCUT2D eigenvalue weighted by Gasteiger charge is 2.18. The third-order valence-corrected chi connectivity index (χ3v) is 3.85. The lowest BCUT2D eigenvalue weighted by Crippen LogP contribution is -2.17. The van der Waals surface area contributed by atoms with Crippen molar-refractivity contribution in [1.29, 1.82) is 0 Å². The molecular formula is C15H9BrCl2N4O. The van der Waals surface area contributed by atoms with Crippen molar-refractivity contribution in [2.45, 2.75) is 0 Å². The van der Waals surface area contributed by atoms with E-state index >= 15 is 0 Å². The van der Waals surface area contributed by atoms with Crippen LogP contribution in [0.15, 0.2) is 53.3 Å². The van der Waals surface area contributed by atoms with Crippen molar-refractivity contribution in [2.24, 2.45) is 0 Å². The molecule has 3 rings (SSSR count). The SMILES string of the molecule is O=C(Nc1cccc(Cl)c1)c1cc(Br)nn1-c1ncccc1Cl. The summed E-state index contributed by atoms with van der Waals surface area (Å²) in [6, 6.07) is 11.8. The van der Waals surface area contributed by atoms with Gasteiger partial charge in [0, 0.05) is 23.0 Å². The Balaban J connectivity index is 1.97. The standard InChI is InChI=1S/C15H9BrCl2N4O/c16-13-8-12(15(23)20-10-4-1-3-9(17)7-10)22(21-13)14-11(18)5-2-6-19-14/h1-8H,(H,20,23). The number of nitrogens with one attached hydrogen (secondary N) is 1. The van der Waals surface area contributed by atoms with E-state index in [0.717, 1.165) is 0 Å². The lowest BCUT2D eigenvalue weighted by molar-refractivity contribution is 0.101. The van der Waals surface area contributed by atoms with Crippen LogP contribution in [-0.2, 0) is 0 Å². The van der Waals surface area contributed by atoms with E-state index in [0.29, 0.717) is 26.2 Å². The smallest absolute Gasteiger partial charge is 0.274 e. The zero-order valence-electron chi connectivity index (χ0n) is 11.5. The molecule has 1 amide bonds. The Morgan fingerprint density at radius 2 is 2.00 bits per heavy atom. The number of benzene rings is 1. The van der Waals surface area contributed by atoms with Gasteiger partial charge in [0.1, 0.15) is 10.3 Å². The van der Waals surface area contributed by atoms with E-state index < -0.39 is 0 Å². The van der Waals surface area contributed by atoms with Gasteiger partial charge in [-0.3, -0.25) is 4.79 Å². The average molecular weight is 412 g/mol. The molecule has 0 saturated carbocycles. The van der Waals surface area contributed by atoms with Gasteiger partial charge in [0.2, 0.25) is 0 Å². The van der Waals surface area contributed by atoms with E-state index in [1.807, 2.05) is 0 Å². The van der Waals surface area contributed by atoms with E-state index in [4.69, 9.17) is 23.2 Å². The number of rotatable bonds is 3. The largest absolute Gasteiger partial charge is 0.321 e. The average Bonchev–Trinajstić information content (AvgIpc) is 2.89. The van der Waals surface area contributed by atoms with E-state index in [1.165, 1.54) is 4.68 Å². The minimum Gasteiger partial charge on any atom is -0.321 e. The Morgan fingerprint density at radius 1 is 1.17 bits per heavy atom. The van der Waals surface area contributed by atoms with Crippen LogP contribution in [0.1, 0.15) is 10.5 Å². The number of halogens is 3. The molecule has 8 heteroatoms. The van der Waals surface area contributed by atoms with Crippen molar-refractivity contribution in [3.05, 3.63) is 69.0 Å². The zero-order chi connectivity index (χ0) is 16.4. The van der Waals surface area contributed by atoms with Crippen LogP contribution in [0.2, 0.25) is 10.0 Å². The second-order valence-corrected chi connectivity index (χ2v) is 6.19. The molecule has 1 N–H and O–H groups in total. The molecule has 23 heavy (non-hydrogen) atoms. The summed E-state index contributed by atoms with van der Waals surface area (Å²) in [6.07, 6.45) is 1.58. The number of pyridine rings is 1. The van der Waals surface area contributed by atoms with Crippen molar-refractivity contribution >= 4 is 50.7 Å². The number of nitrogens with zero attached hydrogens (tertiary/aromatic N) is 3. The number of hydrogen-bond donors (Lipinski definition) is 1. The minimum atomic E-state index is -0.354. The summed E-state index contributed by atoms with van der Waals surface area (Å²) in [5.41, 5.74) is 0.871. The van der Waals surface area contributed by atoms with Crippen LogP contribution < -0.4 is 5.32 Å². The molecule has 0 spiro atoms. The van der Waals surface area contributed by atoms with E-state index in [-0.39, 0.29) is 11.6 Å². The molecule has 0 unspecified atom stereocenters. The predicted octanol–water partition coefficient (Wildman–Crippen LogP) is 4.59. The molecule has 0 radical (unpaired) electrons. The first kappa shape index (κ1) is 16.0. The van der Waals surface area contributed by atoms with E-state index in [1.54, 1.807) is 48.7 Å². The van der Waals surface area contributed by atoms with Gasteiger partial charge >= 0.3 is 0 Å². The number of carbonyl (C=O) groups excluding carboxylic acids is 1. The summed E-state index contributed by atoms with van der Waals surface area (Å²) >= 11 is 15.3. The summed E-state index contributed by atoms with van der Waals surface area (Å²) in [5, 5.41) is 7.91. The quantitative estimate of drug-likeness (QED) is 0.685. The van der Waals surface area contributed by atoms with Gasteiger partial charge < -0.3 is 5.32 Å². The topological polar surface area (TPSA) is 59.8 Å². The molecule has 0 bridgehead atoms. The highest BCUT2D eigenvalue weighted by molar-refractivity contribution is 9.10. The molecule has 2 aromatic heterocycles. The Labute approximate surface area is 150 Å². The van der Waals surface area contributed by atoms with Gasteiger partial charge in [0.15, 0.2) is 5.82 Å². The fourth-order valence-corrected chi connectivity index (χ4v) is 2.74. The first-order valence-corrected chi connectivity index (χ1v) is 8.03. The molecule has 3 aromatic rings. The van der Waals surface area contributed by atoms with Crippen molar-refractivity contribution in [1.82, 2.24) is 14.8 Å². The molecule has 0 fully saturated rings. The Morgan fingerprint density at radius 3 is 2.74 bits per heavy atom. The molecule has 0 saturated heterocycles. The van der Waals surface area contributed by atoms with Gasteiger partial charge in [-0.25, -0.2) is 9.67 Å².